The van der Waals surface area contributed by atoms with Gasteiger partial charge >= 0.3 is 5.76 Å². The SMILES string of the molecule is CCN(C(=O)[C@@H]1CCN(CC(=O)N2CC=C(c3ccc(-c4nn(C)c(=O)o4)cc3)CC2)C1)c1ccc2[nH]nc(-c3ccc(OC(C)C)nc3)c2c1. The molecule has 1 N–H and O–H groups in total. The fourth-order valence-corrected chi connectivity index (χ4v) is 6.82. The zero-order chi connectivity index (χ0) is 35.6. The van der Waals surface area contributed by atoms with E-state index in [9.17, 15) is 14.4 Å². The number of aryl methyl sites for hydroxylation is 1. The second-order valence-corrected chi connectivity index (χ2v) is 13.4. The third-order valence-electron chi connectivity index (χ3n) is 9.54. The molecule has 5 heterocycles. The van der Waals surface area contributed by atoms with Crippen LogP contribution in [0.5, 0.6) is 5.88 Å². The molecule has 1 fully saturated rings. The number of rotatable bonds is 10. The second kappa shape index (κ2) is 14.4. The minimum absolute atomic E-state index is 0.0350. The number of anilines is 1. The molecule has 13 heteroatoms. The van der Waals surface area contributed by atoms with Gasteiger partial charge in [-0.1, -0.05) is 18.2 Å². The van der Waals surface area contributed by atoms with Crippen LogP contribution in [0.15, 0.2) is 76.1 Å². The Morgan fingerprint density at radius 1 is 1.06 bits per heavy atom. The maximum Gasteiger partial charge on any atom is 0.437 e. The zero-order valence-corrected chi connectivity index (χ0v) is 29.3. The number of ether oxygens (including phenoxy) is 1. The van der Waals surface area contributed by atoms with Gasteiger partial charge in [0, 0.05) is 67.7 Å². The number of amides is 2. The average molecular weight is 691 g/mol. The van der Waals surface area contributed by atoms with Crippen LogP contribution in [0.1, 0.15) is 39.2 Å². The lowest BCUT2D eigenvalue weighted by Crippen LogP contribution is -2.42. The Morgan fingerprint density at radius 3 is 2.51 bits per heavy atom. The first-order valence-corrected chi connectivity index (χ1v) is 17.4. The Kier molecular flexibility index (Phi) is 9.54. The summed E-state index contributed by atoms with van der Waals surface area (Å²) in [6, 6.07) is 17.4. The van der Waals surface area contributed by atoms with Gasteiger partial charge in [-0.25, -0.2) is 9.78 Å². The molecule has 7 rings (SSSR count). The van der Waals surface area contributed by atoms with Crippen molar-refractivity contribution in [1.82, 2.24) is 34.8 Å². The first-order chi connectivity index (χ1) is 24.7. The number of H-pyrrole nitrogens is 1. The summed E-state index contributed by atoms with van der Waals surface area (Å²) in [5.74, 6) is 0.295. The van der Waals surface area contributed by atoms with Crippen LogP contribution in [0.4, 0.5) is 5.69 Å². The van der Waals surface area contributed by atoms with Crippen molar-refractivity contribution in [2.75, 3.05) is 44.2 Å². The van der Waals surface area contributed by atoms with Crippen molar-refractivity contribution in [3.8, 4) is 28.6 Å². The summed E-state index contributed by atoms with van der Waals surface area (Å²) in [4.78, 5) is 49.1. The van der Waals surface area contributed by atoms with E-state index in [-0.39, 0.29) is 29.7 Å². The van der Waals surface area contributed by atoms with E-state index in [1.165, 1.54) is 10.3 Å². The molecule has 0 radical (unpaired) electrons. The first kappa shape index (κ1) is 33.9. The minimum Gasteiger partial charge on any atom is -0.475 e. The van der Waals surface area contributed by atoms with E-state index in [1.807, 2.05) is 85.2 Å². The van der Waals surface area contributed by atoms with Crippen molar-refractivity contribution < 1.29 is 18.7 Å². The minimum atomic E-state index is -0.500. The largest absolute Gasteiger partial charge is 0.475 e. The molecule has 0 bridgehead atoms. The highest BCUT2D eigenvalue weighted by atomic mass is 16.5. The normalized spacial score (nSPS) is 16.5. The summed E-state index contributed by atoms with van der Waals surface area (Å²) < 4.78 is 12.0. The Morgan fingerprint density at radius 2 is 1.84 bits per heavy atom. The number of hydrogen-bond acceptors (Lipinski definition) is 9. The molecule has 2 aromatic carbocycles. The number of benzene rings is 2. The van der Waals surface area contributed by atoms with Gasteiger partial charge in [0.1, 0.15) is 5.69 Å². The quantitative estimate of drug-likeness (QED) is 0.220. The molecule has 0 saturated carbocycles. The van der Waals surface area contributed by atoms with Crippen LogP contribution in [-0.2, 0) is 16.6 Å². The molecule has 1 saturated heterocycles. The number of nitrogens with one attached hydrogen (secondary N) is 1. The molecule has 51 heavy (non-hydrogen) atoms. The standard InChI is InChI=1S/C38H42N8O5/c1-5-46(30-11-12-32-31(20-30)35(41-40-32)28-10-13-33(39-21-28)50-24(2)3)37(48)29-14-17-44(22-29)23-34(47)45-18-15-26(16-19-45)25-6-8-27(9-7-25)36-42-43(4)38(49)51-36/h6-13,15,20-21,24,29H,5,14,16-19,22-23H2,1-4H3,(H,40,41)/t29-/m1/s1. The number of aromatic amines is 1. The first-order valence-electron chi connectivity index (χ1n) is 17.4. The summed E-state index contributed by atoms with van der Waals surface area (Å²) in [5, 5.41) is 12.7. The van der Waals surface area contributed by atoms with Crippen LogP contribution >= 0.6 is 0 Å². The molecular weight excluding hydrogens is 648 g/mol. The fraction of sp³-hybridized carbons (Fsp3) is 0.368. The van der Waals surface area contributed by atoms with Crippen LogP contribution in [0.2, 0.25) is 0 Å². The average Bonchev–Trinajstić information content (AvgIpc) is 3.87. The molecule has 0 unspecified atom stereocenters. The molecule has 2 amide bonds. The Labute approximate surface area is 295 Å². The predicted octanol–water partition coefficient (Wildman–Crippen LogP) is 4.76. The summed E-state index contributed by atoms with van der Waals surface area (Å²) in [6.45, 7) is 9.15. The third-order valence-corrected chi connectivity index (χ3v) is 9.54. The number of aromatic nitrogens is 5. The van der Waals surface area contributed by atoms with Gasteiger partial charge in [0.25, 0.3) is 0 Å². The van der Waals surface area contributed by atoms with Crippen molar-refractivity contribution in [3.63, 3.8) is 0 Å². The van der Waals surface area contributed by atoms with Crippen LogP contribution in [0, 0.1) is 5.92 Å². The highest BCUT2D eigenvalue weighted by Gasteiger charge is 2.33. The van der Waals surface area contributed by atoms with Crippen LogP contribution in [-0.4, -0.2) is 91.9 Å². The predicted molar refractivity (Wildman–Crippen MR) is 194 cm³/mol. The molecule has 0 spiro atoms. The monoisotopic (exact) mass is 690 g/mol. The van der Waals surface area contributed by atoms with Gasteiger partial charge in [-0.15, -0.1) is 5.10 Å². The number of carbonyl (C=O) groups is 2. The number of fused-ring (bicyclic) bond motifs is 1. The maximum absolute atomic E-state index is 13.9. The zero-order valence-electron chi connectivity index (χ0n) is 29.3. The Bertz CT molecular complexity index is 2130. The molecule has 3 aromatic heterocycles. The summed E-state index contributed by atoms with van der Waals surface area (Å²) in [5.41, 5.74) is 6.28. The number of nitrogens with zero attached hydrogens (tertiary/aromatic N) is 7. The molecular formula is C38H42N8O5. The smallest absolute Gasteiger partial charge is 0.437 e. The van der Waals surface area contributed by atoms with Gasteiger partial charge in [-0.05, 0) is 87.7 Å². The van der Waals surface area contributed by atoms with Crippen molar-refractivity contribution in [1.29, 1.82) is 0 Å². The van der Waals surface area contributed by atoms with E-state index < -0.39 is 5.76 Å². The van der Waals surface area contributed by atoms with Crippen LogP contribution in [0.3, 0.4) is 0 Å². The summed E-state index contributed by atoms with van der Waals surface area (Å²) >= 11 is 0. The van der Waals surface area contributed by atoms with E-state index in [4.69, 9.17) is 9.15 Å². The van der Waals surface area contributed by atoms with Crippen molar-refractivity contribution in [2.24, 2.45) is 13.0 Å². The highest BCUT2D eigenvalue weighted by Crippen LogP contribution is 2.32. The van der Waals surface area contributed by atoms with Crippen LogP contribution in [0.25, 0.3) is 39.2 Å². The molecule has 13 nitrogen and oxygen atoms in total. The van der Waals surface area contributed by atoms with Gasteiger partial charge < -0.3 is 19.0 Å². The topological polar surface area (TPSA) is 143 Å². The molecule has 5 aromatic rings. The van der Waals surface area contributed by atoms with E-state index in [1.54, 1.807) is 13.2 Å². The lowest BCUT2D eigenvalue weighted by Gasteiger charge is -2.29. The van der Waals surface area contributed by atoms with Gasteiger partial charge in [0.15, 0.2) is 0 Å². The lowest BCUT2D eigenvalue weighted by atomic mass is 9.98. The van der Waals surface area contributed by atoms with Crippen molar-refractivity contribution in [2.45, 2.75) is 39.7 Å². The second-order valence-electron chi connectivity index (χ2n) is 13.4. The number of pyridine rings is 1. The maximum atomic E-state index is 13.9. The number of hydrogen-bond donors (Lipinski definition) is 1. The van der Waals surface area contributed by atoms with Gasteiger partial charge in [-0.3, -0.25) is 19.6 Å². The fourth-order valence-electron chi connectivity index (χ4n) is 6.82. The van der Waals surface area contributed by atoms with Gasteiger partial charge in [0.2, 0.25) is 23.6 Å². The van der Waals surface area contributed by atoms with E-state index in [0.717, 1.165) is 45.4 Å². The summed E-state index contributed by atoms with van der Waals surface area (Å²) in [6.07, 6.45) is 5.34. The van der Waals surface area contributed by atoms with Gasteiger partial charge in [0.05, 0.1) is 24.1 Å². The van der Waals surface area contributed by atoms with Gasteiger partial charge in [-0.2, -0.15) is 9.78 Å². The highest BCUT2D eigenvalue weighted by molar-refractivity contribution is 6.00. The summed E-state index contributed by atoms with van der Waals surface area (Å²) in [7, 11) is 1.55. The third kappa shape index (κ3) is 7.20. The van der Waals surface area contributed by atoms with E-state index >= 15 is 0 Å². The number of carbonyl (C=O) groups excluding carboxylic acids is 2. The van der Waals surface area contributed by atoms with Crippen molar-refractivity contribution in [3.05, 3.63) is 83.0 Å². The van der Waals surface area contributed by atoms with Crippen LogP contribution < -0.4 is 15.4 Å². The molecule has 2 aliphatic rings. The van der Waals surface area contributed by atoms with Crippen molar-refractivity contribution >= 4 is 34.0 Å². The molecule has 1 atom stereocenters. The van der Waals surface area contributed by atoms with E-state index in [0.29, 0.717) is 51.6 Å². The lowest BCUT2D eigenvalue weighted by molar-refractivity contribution is -0.132. The van der Waals surface area contributed by atoms with E-state index in [2.05, 4.69) is 31.3 Å². The molecule has 264 valence electrons. The molecule has 2 aliphatic heterocycles. The Hall–Kier alpha value is -5.56. The molecule has 0 aliphatic carbocycles. The Balaban J connectivity index is 0.951. The number of likely N-dealkylation sites (tertiary alicyclic amines) is 1.